The summed E-state index contributed by atoms with van der Waals surface area (Å²) >= 11 is -4.22. The van der Waals surface area contributed by atoms with Gasteiger partial charge in [0.1, 0.15) is 0 Å². The average Bonchev–Trinajstić information content (AvgIpc) is 3.69. The molecule has 5 aromatic rings. The van der Waals surface area contributed by atoms with E-state index in [4.69, 9.17) is 0 Å². The first-order valence-corrected chi connectivity index (χ1v) is 31.8. The molecule has 0 amide bonds. The molecule has 0 aromatic heterocycles. The predicted molar refractivity (Wildman–Crippen MR) is 215 cm³/mol. The van der Waals surface area contributed by atoms with Gasteiger partial charge in [0.15, 0.2) is 0 Å². The molecule has 0 N–H and O–H groups in total. The molecule has 3 unspecified atom stereocenters. The molecule has 49 heavy (non-hydrogen) atoms. The van der Waals surface area contributed by atoms with E-state index in [2.05, 4.69) is 174 Å². The zero-order valence-electron chi connectivity index (χ0n) is 30.3. The first-order valence-electron chi connectivity index (χ1n) is 18.9. The summed E-state index contributed by atoms with van der Waals surface area (Å²) in [5.41, 5.74) is 15.1. The van der Waals surface area contributed by atoms with Crippen LogP contribution >= 0.6 is 0 Å². The second-order valence-electron chi connectivity index (χ2n) is 15.3. The van der Waals surface area contributed by atoms with Gasteiger partial charge < -0.3 is 0 Å². The summed E-state index contributed by atoms with van der Waals surface area (Å²) in [5, 5.41) is 1.70. The van der Waals surface area contributed by atoms with Crippen molar-refractivity contribution in [3.05, 3.63) is 161 Å². The molecule has 0 fully saturated rings. The topological polar surface area (TPSA) is 0 Å². The molecular weight excluding hydrogens is 684 g/mol. The third-order valence-electron chi connectivity index (χ3n) is 12.9. The predicted octanol–water partition coefficient (Wildman–Crippen LogP) is 13.0. The Hall–Kier alpha value is -3.32. The number of rotatable bonds is 12. The van der Waals surface area contributed by atoms with Crippen molar-refractivity contribution in [3.63, 3.8) is 0 Å². The Kier molecular flexibility index (Phi) is 9.84. The van der Waals surface area contributed by atoms with Crippen LogP contribution in [0, 0.1) is 0 Å². The second-order valence-corrected chi connectivity index (χ2v) is 47.6. The molecule has 0 nitrogen and oxygen atoms in total. The van der Waals surface area contributed by atoms with Crippen LogP contribution < -0.4 is 5.19 Å². The fourth-order valence-electron chi connectivity index (χ4n) is 11.0. The van der Waals surface area contributed by atoms with E-state index in [0.29, 0.717) is 7.25 Å². The van der Waals surface area contributed by atoms with Gasteiger partial charge in [-0.3, -0.25) is 0 Å². The summed E-state index contributed by atoms with van der Waals surface area (Å²) in [6.07, 6.45) is 10.5. The number of unbranched alkanes of at least 4 members (excludes halogenated alkanes) is 2. The van der Waals surface area contributed by atoms with E-state index in [9.17, 15) is 0 Å². The van der Waals surface area contributed by atoms with Crippen LogP contribution in [0.25, 0.3) is 34.4 Å². The number of allylic oxidation sites excluding steroid dienone is 2. The van der Waals surface area contributed by atoms with Crippen molar-refractivity contribution < 1.29 is 17.9 Å². The van der Waals surface area contributed by atoms with Crippen LogP contribution in [-0.4, -0.2) is 5.92 Å². The van der Waals surface area contributed by atoms with Gasteiger partial charge in [0, 0.05) is 0 Å². The summed E-state index contributed by atoms with van der Waals surface area (Å²) in [6, 6.07) is 48.9. The summed E-state index contributed by atoms with van der Waals surface area (Å²) < 4.78 is 3.96. The van der Waals surface area contributed by atoms with Gasteiger partial charge in [-0.05, 0) is 0 Å². The molecule has 249 valence electrons. The van der Waals surface area contributed by atoms with Gasteiger partial charge >= 0.3 is 300 Å². The fourth-order valence-corrected chi connectivity index (χ4v) is 65.2. The maximum absolute atomic E-state index is 4.22. The van der Waals surface area contributed by atoms with Crippen molar-refractivity contribution >= 4 is 23.3 Å². The molecule has 3 atom stereocenters. The van der Waals surface area contributed by atoms with Crippen molar-refractivity contribution in [2.75, 3.05) is 0 Å². The van der Waals surface area contributed by atoms with Crippen molar-refractivity contribution in [3.8, 4) is 22.3 Å². The van der Waals surface area contributed by atoms with Crippen molar-refractivity contribution in [2.45, 2.75) is 75.4 Å². The molecule has 2 aliphatic rings. The third kappa shape index (κ3) is 5.59. The van der Waals surface area contributed by atoms with Crippen molar-refractivity contribution in [2.24, 2.45) is 0 Å². The molecule has 0 radical (unpaired) electrons. The zero-order chi connectivity index (χ0) is 34.0. The van der Waals surface area contributed by atoms with E-state index in [1.807, 2.05) is 0 Å². The number of hydrogen-bond acceptors (Lipinski definition) is 0. The van der Waals surface area contributed by atoms with Gasteiger partial charge in [-0.1, -0.05) is 0 Å². The summed E-state index contributed by atoms with van der Waals surface area (Å²) in [6.45, 7) is 12.8. The molecule has 0 saturated carbocycles. The summed E-state index contributed by atoms with van der Waals surface area (Å²) in [5.74, 6) is -1.56. The van der Waals surface area contributed by atoms with E-state index in [1.54, 1.807) is 27.5 Å². The van der Waals surface area contributed by atoms with E-state index >= 15 is 0 Å². The summed E-state index contributed by atoms with van der Waals surface area (Å²) in [7, 11) is 0. The molecule has 0 heterocycles. The Morgan fingerprint density at radius 2 is 0.918 bits per heavy atom. The first-order chi connectivity index (χ1) is 23.9. The van der Waals surface area contributed by atoms with Crippen LogP contribution in [0.5, 0.6) is 0 Å². The zero-order valence-corrected chi connectivity index (χ0v) is 33.9. The first kappa shape index (κ1) is 34.1. The Morgan fingerprint density at radius 1 is 0.510 bits per heavy atom. The number of benzene rings is 5. The molecule has 2 heteroatoms. The van der Waals surface area contributed by atoms with Gasteiger partial charge in [-0.15, -0.1) is 0 Å². The maximum atomic E-state index is 2.84. The molecule has 7 rings (SSSR count). The second kappa shape index (κ2) is 14.1. The fraction of sp³-hybridized carbons (Fsp3) is 0.277. The molecule has 0 saturated heterocycles. The van der Waals surface area contributed by atoms with Gasteiger partial charge in [0.2, 0.25) is 0 Å². The number of hydrogen-bond donors (Lipinski definition) is 0. The molecular formula is C47H53SiZr. The standard InChI is InChI=1S/2C16H13.C7H9Si.2C4H9.Zr/c2*1-12-10-14-8-5-9-15(16(14)11-12)13-6-3-2-4-7-13;1-8-7-5-3-2-4-6-7;2*1-3-4-2;/h2*2-11H,1H3;2-6,8H,1H3;2*1,3-4H2,2H3;. The monoisotopic (exact) mass is 735 g/mol. The molecule has 5 aromatic carbocycles. The Morgan fingerprint density at radius 3 is 1.33 bits per heavy atom. The SMILES string of the molecule is CCC[CH2][Zr]([CH2]CCC)([CH]1C(C)=Cc2c(-c3ccccc3)cccc21)([CH]1C(C)=Cc2c(-c3ccccc3)cccc21)[SiH](C)c1ccccc1. The van der Waals surface area contributed by atoms with E-state index in [0.717, 1.165) is 0 Å². The summed E-state index contributed by atoms with van der Waals surface area (Å²) in [4.78, 5) is 0. The van der Waals surface area contributed by atoms with E-state index in [1.165, 1.54) is 67.3 Å². The third-order valence-corrected chi connectivity index (χ3v) is 61.5. The number of fused-ring (bicyclic) bond motifs is 2. The van der Waals surface area contributed by atoms with Crippen LogP contribution in [0.15, 0.2) is 139 Å². The van der Waals surface area contributed by atoms with Gasteiger partial charge in [-0.2, -0.15) is 0 Å². The van der Waals surface area contributed by atoms with E-state index < -0.39 is 23.9 Å². The average molecular weight is 737 g/mol. The quantitative estimate of drug-likeness (QED) is 0.112. The normalized spacial score (nSPS) is 18.2. The minimum absolute atomic E-state index is 0.541. The molecule has 0 aliphatic heterocycles. The van der Waals surface area contributed by atoms with Gasteiger partial charge in [-0.25, -0.2) is 0 Å². The molecule has 0 bridgehead atoms. The van der Waals surface area contributed by atoms with Crippen LogP contribution in [0.3, 0.4) is 0 Å². The Balaban J connectivity index is 1.58. The van der Waals surface area contributed by atoms with Crippen LogP contribution in [0.4, 0.5) is 0 Å². The molecule has 0 spiro atoms. The van der Waals surface area contributed by atoms with Crippen molar-refractivity contribution in [1.29, 1.82) is 0 Å². The van der Waals surface area contributed by atoms with Crippen molar-refractivity contribution in [1.82, 2.24) is 0 Å². The molecule has 2 aliphatic carbocycles. The van der Waals surface area contributed by atoms with Crippen LogP contribution in [0.2, 0.25) is 14.8 Å². The van der Waals surface area contributed by atoms with Crippen LogP contribution in [0.1, 0.15) is 82.9 Å². The Labute approximate surface area is 297 Å². The van der Waals surface area contributed by atoms with Gasteiger partial charge in [0.05, 0.1) is 0 Å². The minimum atomic E-state index is -4.22. The van der Waals surface area contributed by atoms with Crippen LogP contribution in [-0.2, 0) is 17.9 Å². The van der Waals surface area contributed by atoms with Gasteiger partial charge in [0.25, 0.3) is 0 Å². The Bertz CT molecular complexity index is 1870. The van der Waals surface area contributed by atoms with E-state index in [-0.39, 0.29) is 0 Å².